The van der Waals surface area contributed by atoms with Gasteiger partial charge in [0.25, 0.3) is 0 Å². The molecule has 1 aliphatic carbocycles. The van der Waals surface area contributed by atoms with E-state index in [0.29, 0.717) is 12.5 Å². The smallest absolute Gasteiger partial charge is 0.232 e. The Morgan fingerprint density at radius 3 is 1.94 bits per heavy atom. The van der Waals surface area contributed by atoms with Crippen LogP contribution in [0.1, 0.15) is 42.7 Å². The van der Waals surface area contributed by atoms with E-state index in [9.17, 15) is 9.59 Å². The summed E-state index contributed by atoms with van der Waals surface area (Å²) in [5, 5.41) is 3.14. The van der Waals surface area contributed by atoms with Gasteiger partial charge in [-0.3, -0.25) is 14.5 Å². The zero-order chi connectivity index (χ0) is 21.5. The standard InChI is InChI=1S/C26H33N3O2/c30-25(24(21-9-3-1-4-10-21)22-11-5-2-6-12-22)27-15-16-28-17-19-29(20-18-28)26(31)23-13-7-8-14-23/h1-6,9-12,23-24H,7-8,13-20H2,(H,27,30). The van der Waals surface area contributed by atoms with Crippen LogP contribution in [0.4, 0.5) is 0 Å². The molecule has 1 N–H and O–H groups in total. The van der Waals surface area contributed by atoms with Gasteiger partial charge in [-0.05, 0) is 24.0 Å². The quantitative estimate of drug-likeness (QED) is 0.749. The van der Waals surface area contributed by atoms with Gasteiger partial charge in [0.15, 0.2) is 0 Å². The van der Waals surface area contributed by atoms with Gasteiger partial charge >= 0.3 is 0 Å². The van der Waals surface area contributed by atoms with Crippen LogP contribution >= 0.6 is 0 Å². The maximum atomic E-state index is 13.1. The molecule has 2 aliphatic rings. The number of carbonyl (C=O) groups excluding carboxylic acids is 2. The van der Waals surface area contributed by atoms with Crippen molar-refractivity contribution in [3.63, 3.8) is 0 Å². The minimum atomic E-state index is -0.303. The lowest BCUT2D eigenvalue weighted by atomic mass is 9.90. The first-order chi connectivity index (χ1) is 15.2. The normalized spacial score (nSPS) is 17.8. The Kier molecular flexibility index (Phi) is 7.36. The molecule has 4 rings (SSSR count). The molecule has 0 unspecified atom stereocenters. The summed E-state index contributed by atoms with van der Waals surface area (Å²) in [5.41, 5.74) is 2.01. The van der Waals surface area contributed by atoms with Crippen molar-refractivity contribution in [3.05, 3.63) is 71.8 Å². The Balaban J connectivity index is 1.27. The predicted octanol–water partition coefficient (Wildman–Crippen LogP) is 3.27. The number of nitrogens with zero attached hydrogens (tertiary/aromatic N) is 2. The van der Waals surface area contributed by atoms with Crippen LogP contribution < -0.4 is 5.32 Å². The van der Waals surface area contributed by atoms with Gasteiger partial charge in [0, 0.05) is 45.2 Å². The Bertz CT molecular complexity index is 802. The molecular formula is C26H33N3O2. The minimum absolute atomic E-state index is 0.0347. The molecule has 1 heterocycles. The number of carbonyl (C=O) groups is 2. The van der Waals surface area contributed by atoms with Crippen molar-refractivity contribution in [1.29, 1.82) is 0 Å². The third kappa shape index (κ3) is 5.53. The molecule has 31 heavy (non-hydrogen) atoms. The second kappa shape index (κ2) is 10.6. The molecule has 1 saturated heterocycles. The van der Waals surface area contributed by atoms with Crippen LogP contribution in [0.15, 0.2) is 60.7 Å². The van der Waals surface area contributed by atoms with Crippen LogP contribution in [-0.4, -0.2) is 60.9 Å². The molecule has 1 saturated carbocycles. The third-order valence-corrected chi connectivity index (χ3v) is 6.64. The van der Waals surface area contributed by atoms with Crippen molar-refractivity contribution in [1.82, 2.24) is 15.1 Å². The van der Waals surface area contributed by atoms with Crippen LogP contribution in [0.5, 0.6) is 0 Å². The molecule has 0 bridgehead atoms. The second-order valence-electron chi connectivity index (χ2n) is 8.69. The molecular weight excluding hydrogens is 386 g/mol. The third-order valence-electron chi connectivity index (χ3n) is 6.64. The Hall–Kier alpha value is -2.66. The van der Waals surface area contributed by atoms with E-state index < -0.39 is 0 Å². The van der Waals surface area contributed by atoms with E-state index in [-0.39, 0.29) is 17.7 Å². The summed E-state index contributed by atoms with van der Waals surface area (Å²) in [6, 6.07) is 19.9. The molecule has 2 aromatic carbocycles. The van der Waals surface area contributed by atoms with Crippen molar-refractivity contribution in [3.8, 4) is 0 Å². The Morgan fingerprint density at radius 1 is 0.839 bits per heavy atom. The fourth-order valence-corrected chi connectivity index (χ4v) is 4.85. The number of piperazine rings is 1. The fourth-order valence-electron chi connectivity index (χ4n) is 4.85. The summed E-state index contributed by atoms with van der Waals surface area (Å²) in [4.78, 5) is 30.1. The first kappa shape index (κ1) is 21.6. The van der Waals surface area contributed by atoms with Crippen LogP contribution in [0, 0.1) is 5.92 Å². The lowest BCUT2D eigenvalue weighted by molar-refractivity contribution is -0.137. The monoisotopic (exact) mass is 419 g/mol. The fraction of sp³-hybridized carbons (Fsp3) is 0.462. The Labute approximate surface area is 185 Å². The summed E-state index contributed by atoms with van der Waals surface area (Å²) in [6.45, 7) is 4.81. The van der Waals surface area contributed by atoms with E-state index in [2.05, 4.69) is 10.2 Å². The summed E-state index contributed by atoms with van der Waals surface area (Å²) >= 11 is 0. The molecule has 164 valence electrons. The maximum Gasteiger partial charge on any atom is 0.232 e. The largest absolute Gasteiger partial charge is 0.354 e. The number of nitrogens with one attached hydrogen (secondary N) is 1. The second-order valence-corrected chi connectivity index (χ2v) is 8.69. The van der Waals surface area contributed by atoms with Crippen molar-refractivity contribution in [2.75, 3.05) is 39.3 Å². The van der Waals surface area contributed by atoms with E-state index in [1.165, 1.54) is 12.8 Å². The summed E-state index contributed by atoms with van der Waals surface area (Å²) in [5.74, 6) is 0.355. The van der Waals surface area contributed by atoms with Crippen LogP contribution in [0.2, 0.25) is 0 Å². The zero-order valence-electron chi connectivity index (χ0n) is 18.2. The van der Waals surface area contributed by atoms with Gasteiger partial charge in [-0.2, -0.15) is 0 Å². The average Bonchev–Trinajstić information content (AvgIpc) is 3.36. The van der Waals surface area contributed by atoms with Gasteiger partial charge in [0.2, 0.25) is 11.8 Å². The van der Waals surface area contributed by atoms with E-state index in [0.717, 1.165) is 56.7 Å². The van der Waals surface area contributed by atoms with Crippen molar-refractivity contribution in [2.24, 2.45) is 5.92 Å². The number of benzene rings is 2. The van der Waals surface area contributed by atoms with Gasteiger partial charge in [-0.15, -0.1) is 0 Å². The molecule has 0 radical (unpaired) electrons. The lowest BCUT2D eigenvalue weighted by Gasteiger charge is -2.36. The van der Waals surface area contributed by atoms with Crippen molar-refractivity contribution >= 4 is 11.8 Å². The molecule has 2 fully saturated rings. The summed E-state index contributed by atoms with van der Waals surface area (Å²) in [6.07, 6.45) is 4.52. The van der Waals surface area contributed by atoms with Crippen LogP contribution in [0.25, 0.3) is 0 Å². The number of rotatable bonds is 7. The summed E-state index contributed by atoms with van der Waals surface area (Å²) < 4.78 is 0. The van der Waals surface area contributed by atoms with Crippen molar-refractivity contribution < 1.29 is 9.59 Å². The molecule has 2 aromatic rings. The van der Waals surface area contributed by atoms with Crippen molar-refractivity contribution in [2.45, 2.75) is 31.6 Å². The maximum absolute atomic E-state index is 13.1. The van der Waals surface area contributed by atoms with Gasteiger partial charge in [0.05, 0.1) is 5.92 Å². The minimum Gasteiger partial charge on any atom is -0.354 e. The molecule has 0 spiro atoms. The zero-order valence-corrected chi connectivity index (χ0v) is 18.2. The molecule has 5 nitrogen and oxygen atoms in total. The molecule has 0 aromatic heterocycles. The van der Waals surface area contributed by atoms with E-state index in [1.54, 1.807) is 0 Å². The van der Waals surface area contributed by atoms with Crippen LogP contribution in [-0.2, 0) is 9.59 Å². The molecule has 1 aliphatic heterocycles. The van der Waals surface area contributed by atoms with Gasteiger partial charge in [-0.1, -0.05) is 73.5 Å². The van der Waals surface area contributed by atoms with Gasteiger partial charge in [0.1, 0.15) is 0 Å². The lowest BCUT2D eigenvalue weighted by Crippen LogP contribution is -2.51. The van der Waals surface area contributed by atoms with Gasteiger partial charge in [-0.25, -0.2) is 0 Å². The first-order valence-electron chi connectivity index (χ1n) is 11.6. The van der Waals surface area contributed by atoms with E-state index in [1.807, 2.05) is 65.6 Å². The highest BCUT2D eigenvalue weighted by atomic mass is 16.2. The Morgan fingerprint density at radius 2 is 1.39 bits per heavy atom. The molecule has 0 atom stereocenters. The van der Waals surface area contributed by atoms with Crippen LogP contribution in [0.3, 0.4) is 0 Å². The van der Waals surface area contributed by atoms with E-state index in [4.69, 9.17) is 0 Å². The SMILES string of the molecule is O=C(NCCN1CCN(C(=O)C2CCCC2)CC1)C(c1ccccc1)c1ccccc1. The molecule has 2 amide bonds. The topological polar surface area (TPSA) is 52.7 Å². The summed E-state index contributed by atoms with van der Waals surface area (Å²) in [7, 11) is 0. The average molecular weight is 420 g/mol. The highest BCUT2D eigenvalue weighted by Crippen LogP contribution is 2.27. The number of hydrogen-bond donors (Lipinski definition) is 1. The molecule has 5 heteroatoms. The number of amides is 2. The first-order valence-corrected chi connectivity index (χ1v) is 11.6. The van der Waals surface area contributed by atoms with Gasteiger partial charge < -0.3 is 10.2 Å². The predicted molar refractivity (Wildman–Crippen MR) is 123 cm³/mol. The highest BCUT2D eigenvalue weighted by Gasteiger charge is 2.29. The van der Waals surface area contributed by atoms with E-state index >= 15 is 0 Å². The number of hydrogen-bond acceptors (Lipinski definition) is 3. The highest BCUT2D eigenvalue weighted by molar-refractivity contribution is 5.87.